The summed E-state index contributed by atoms with van der Waals surface area (Å²) in [4.78, 5) is 23.0. The molecule has 1 aromatic heterocycles. The van der Waals surface area contributed by atoms with Crippen molar-refractivity contribution >= 4 is 23.2 Å². The Morgan fingerprint density at radius 1 is 1.00 bits per heavy atom. The number of carbonyl (C=O) groups excluding carboxylic acids is 1. The van der Waals surface area contributed by atoms with Gasteiger partial charge >= 0.3 is 0 Å². The van der Waals surface area contributed by atoms with E-state index in [0.29, 0.717) is 17.3 Å². The summed E-state index contributed by atoms with van der Waals surface area (Å²) in [6, 6.07) is 19.3. The zero-order valence-electron chi connectivity index (χ0n) is 16.4. The molecule has 28 heavy (non-hydrogen) atoms. The number of nitrogens with one attached hydrogen (secondary N) is 2. The van der Waals surface area contributed by atoms with Crippen molar-refractivity contribution in [1.29, 1.82) is 0 Å². The first-order valence-corrected chi connectivity index (χ1v) is 9.22. The summed E-state index contributed by atoms with van der Waals surface area (Å²) in [5.74, 6) is 1.26. The van der Waals surface area contributed by atoms with E-state index in [9.17, 15) is 4.79 Å². The van der Waals surface area contributed by atoms with Gasteiger partial charge in [0.1, 0.15) is 5.82 Å². The van der Waals surface area contributed by atoms with E-state index in [1.165, 1.54) is 0 Å². The summed E-state index contributed by atoms with van der Waals surface area (Å²) >= 11 is 0. The van der Waals surface area contributed by atoms with Crippen LogP contribution in [0.4, 0.5) is 17.5 Å². The Balaban J connectivity index is 1.90. The van der Waals surface area contributed by atoms with Gasteiger partial charge in [0.05, 0.1) is 5.69 Å². The second-order valence-electron chi connectivity index (χ2n) is 6.82. The molecule has 0 fully saturated rings. The Bertz CT molecular complexity index is 941. The van der Waals surface area contributed by atoms with E-state index in [4.69, 9.17) is 0 Å². The van der Waals surface area contributed by atoms with Crippen molar-refractivity contribution < 1.29 is 4.79 Å². The fraction of sp³-hybridized carbons (Fsp3) is 0.227. The second-order valence-corrected chi connectivity index (χ2v) is 6.82. The molecule has 0 saturated heterocycles. The zero-order valence-corrected chi connectivity index (χ0v) is 16.4. The van der Waals surface area contributed by atoms with E-state index in [1.54, 1.807) is 13.0 Å². The van der Waals surface area contributed by atoms with Crippen molar-refractivity contribution in [3.8, 4) is 11.3 Å². The summed E-state index contributed by atoms with van der Waals surface area (Å²) < 4.78 is 0. The van der Waals surface area contributed by atoms with Gasteiger partial charge in [-0.15, -0.1) is 0 Å². The molecule has 0 amide bonds. The van der Waals surface area contributed by atoms with E-state index >= 15 is 0 Å². The smallest absolute Gasteiger partial charge is 0.225 e. The number of Topliss-reactive ketones (excluding diaryl/α,β-unsaturated/α-hetero) is 1. The van der Waals surface area contributed by atoms with Crippen LogP contribution in [0.3, 0.4) is 0 Å². The van der Waals surface area contributed by atoms with Gasteiger partial charge in [0.2, 0.25) is 5.95 Å². The molecule has 6 heteroatoms. The molecular weight excluding hydrogens is 350 g/mol. The molecule has 2 N–H and O–H groups in total. The van der Waals surface area contributed by atoms with E-state index in [1.807, 2.05) is 68.7 Å². The van der Waals surface area contributed by atoms with E-state index in [-0.39, 0.29) is 5.78 Å². The summed E-state index contributed by atoms with van der Waals surface area (Å²) in [6.07, 6.45) is 0. The summed E-state index contributed by atoms with van der Waals surface area (Å²) in [6.45, 7) is 3.18. The van der Waals surface area contributed by atoms with Crippen LogP contribution in [-0.4, -0.2) is 47.8 Å². The molecule has 0 aliphatic carbocycles. The zero-order chi connectivity index (χ0) is 19.9. The average Bonchev–Trinajstić information content (AvgIpc) is 2.68. The molecule has 144 valence electrons. The number of anilines is 3. The van der Waals surface area contributed by atoms with Gasteiger partial charge in [-0.25, -0.2) is 4.98 Å². The van der Waals surface area contributed by atoms with Gasteiger partial charge in [-0.3, -0.25) is 4.79 Å². The van der Waals surface area contributed by atoms with Crippen LogP contribution in [0.15, 0.2) is 60.7 Å². The monoisotopic (exact) mass is 375 g/mol. The van der Waals surface area contributed by atoms with Crippen LogP contribution in [-0.2, 0) is 0 Å². The second kappa shape index (κ2) is 9.10. The maximum Gasteiger partial charge on any atom is 0.225 e. The minimum atomic E-state index is 0.0300. The normalized spacial score (nSPS) is 10.7. The predicted molar refractivity (Wildman–Crippen MR) is 114 cm³/mol. The third-order valence-electron chi connectivity index (χ3n) is 4.18. The topological polar surface area (TPSA) is 70.2 Å². The lowest BCUT2D eigenvalue weighted by Gasteiger charge is -2.13. The molecule has 2 aromatic carbocycles. The van der Waals surface area contributed by atoms with Gasteiger partial charge in [0, 0.05) is 36.0 Å². The summed E-state index contributed by atoms with van der Waals surface area (Å²) in [5.41, 5.74) is 3.31. The van der Waals surface area contributed by atoms with Gasteiger partial charge in [-0.2, -0.15) is 4.98 Å². The van der Waals surface area contributed by atoms with Crippen LogP contribution in [0.2, 0.25) is 0 Å². The number of aromatic nitrogens is 2. The highest BCUT2D eigenvalue weighted by Gasteiger charge is 2.08. The standard InChI is InChI=1S/C22H25N5O/c1-16(28)18-10-7-11-19(14-18)24-21-15-20(17-8-5-4-6-9-17)25-22(26-21)23-12-13-27(2)3/h4-11,14-15H,12-13H2,1-3H3,(H2,23,24,25,26). The van der Waals surface area contributed by atoms with E-state index < -0.39 is 0 Å². The number of benzene rings is 2. The number of ketones is 1. The molecule has 1 heterocycles. The average molecular weight is 375 g/mol. The number of hydrogen-bond acceptors (Lipinski definition) is 6. The van der Waals surface area contributed by atoms with Gasteiger partial charge in [-0.1, -0.05) is 42.5 Å². The Hall–Kier alpha value is -3.25. The third-order valence-corrected chi connectivity index (χ3v) is 4.18. The third kappa shape index (κ3) is 5.37. The molecule has 0 bridgehead atoms. The maximum atomic E-state index is 11.6. The van der Waals surface area contributed by atoms with Crippen LogP contribution in [0.25, 0.3) is 11.3 Å². The van der Waals surface area contributed by atoms with Gasteiger partial charge < -0.3 is 15.5 Å². The molecule has 0 unspecified atom stereocenters. The molecule has 0 aliphatic rings. The minimum absolute atomic E-state index is 0.0300. The van der Waals surface area contributed by atoms with Gasteiger partial charge in [0.25, 0.3) is 0 Å². The molecule has 0 saturated carbocycles. The highest BCUT2D eigenvalue weighted by Crippen LogP contribution is 2.24. The number of nitrogens with zero attached hydrogens (tertiary/aromatic N) is 3. The number of rotatable bonds is 8. The lowest BCUT2D eigenvalue weighted by atomic mass is 10.1. The molecule has 0 spiro atoms. The number of likely N-dealkylation sites (N-methyl/N-ethyl adjacent to an activating group) is 1. The van der Waals surface area contributed by atoms with E-state index in [2.05, 4.69) is 25.5 Å². The fourth-order valence-electron chi connectivity index (χ4n) is 2.70. The molecule has 3 aromatic rings. The lowest BCUT2D eigenvalue weighted by molar-refractivity contribution is 0.101. The molecule has 6 nitrogen and oxygen atoms in total. The Labute approximate surface area is 165 Å². The molecular formula is C22H25N5O. The highest BCUT2D eigenvalue weighted by atomic mass is 16.1. The molecule has 3 rings (SSSR count). The van der Waals surface area contributed by atoms with Gasteiger partial charge in [-0.05, 0) is 33.2 Å². The SMILES string of the molecule is CC(=O)c1cccc(Nc2cc(-c3ccccc3)nc(NCCN(C)C)n2)c1. The minimum Gasteiger partial charge on any atom is -0.353 e. The van der Waals surface area contributed by atoms with Crippen LogP contribution in [0.1, 0.15) is 17.3 Å². The van der Waals surface area contributed by atoms with Crippen molar-refractivity contribution in [2.24, 2.45) is 0 Å². The van der Waals surface area contributed by atoms with Crippen molar-refractivity contribution in [1.82, 2.24) is 14.9 Å². The fourth-order valence-corrected chi connectivity index (χ4v) is 2.70. The Kier molecular flexibility index (Phi) is 6.34. The van der Waals surface area contributed by atoms with Crippen molar-refractivity contribution in [2.75, 3.05) is 37.8 Å². The first kappa shape index (κ1) is 19.5. The highest BCUT2D eigenvalue weighted by molar-refractivity contribution is 5.95. The van der Waals surface area contributed by atoms with Crippen molar-refractivity contribution in [2.45, 2.75) is 6.92 Å². The Morgan fingerprint density at radius 2 is 1.79 bits per heavy atom. The molecule has 0 radical (unpaired) electrons. The quantitative estimate of drug-likeness (QED) is 0.579. The Morgan fingerprint density at radius 3 is 2.50 bits per heavy atom. The number of hydrogen-bond donors (Lipinski definition) is 2. The van der Waals surface area contributed by atoms with Crippen LogP contribution < -0.4 is 10.6 Å². The van der Waals surface area contributed by atoms with Crippen molar-refractivity contribution in [3.63, 3.8) is 0 Å². The molecule has 0 atom stereocenters. The van der Waals surface area contributed by atoms with Gasteiger partial charge in [0.15, 0.2) is 5.78 Å². The first-order chi connectivity index (χ1) is 13.5. The summed E-state index contributed by atoms with van der Waals surface area (Å²) in [7, 11) is 4.05. The first-order valence-electron chi connectivity index (χ1n) is 9.22. The number of carbonyl (C=O) groups is 1. The summed E-state index contributed by atoms with van der Waals surface area (Å²) in [5, 5.41) is 6.58. The van der Waals surface area contributed by atoms with Crippen LogP contribution >= 0.6 is 0 Å². The maximum absolute atomic E-state index is 11.6. The predicted octanol–water partition coefficient (Wildman–Crippen LogP) is 4.06. The lowest BCUT2D eigenvalue weighted by Crippen LogP contribution is -2.21. The molecule has 0 aliphatic heterocycles. The van der Waals surface area contributed by atoms with Crippen LogP contribution in [0, 0.1) is 0 Å². The van der Waals surface area contributed by atoms with E-state index in [0.717, 1.165) is 30.0 Å². The van der Waals surface area contributed by atoms with Crippen molar-refractivity contribution in [3.05, 3.63) is 66.2 Å². The largest absolute Gasteiger partial charge is 0.353 e. The van der Waals surface area contributed by atoms with Crippen LogP contribution in [0.5, 0.6) is 0 Å².